The van der Waals surface area contributed by atoms with Gasteiger partial charge in [0.1, 0.15) is 0 Å². The van der Waals surface area contributed by atoms with Gasteiger partial charge in [0.15, 0.2) is 0 Å². The standard InChI is InChI=1S/C9H14ClNO2S/c1-2-11-6-3-9(4-7-11)5-8-14(10,12)13/h9H,2-4,6-7H2,1H3. The molecule has 0 atom stereocenters. The van der Waals surface area contributed by atoms with Crippen LogP contribution in [0, 0.1) is 17.1 Å². The lowest BCUT2D eigenvalue weighted by Crippen LogP contribution is -2.32. The lowest BCUT2D eigenvalue weighted by atomic mass is 9.98. The van der Waals surface area contributed by atoms with Gasteiger partial charge in [-0.1, -0.05) is 12.8 Å². The summed E-state index contributed by atoms with van der Waals surface area (Å²) in [6, 6.07) is 0. The highest BCUT2D eigenvalue weighted by Crippen LogP contribution is 2.15. The van der Waals surface area contributed by atoms with Crippen LogP contribution in [-0.4, -0.2) is 33.0 Å². The molecule has 0 amide bonds. The molecule has 0 radical (unpaired) electrons. The second kappa shape index (κ2) is 5.01. The van der Waals surface area contributed by atoms with Crippen LogP contribution >= 0.6 is 10.7 Å². The van der Waals surface area contributed by atoms with Gasteiger partial charge in [0.05, 0.1) is 0 Å². The van der Waals surface area contributed by atoms with Crippen LogP contribution in [0.2, 0.25) is 0 Å². The van der Waals surface area contributed by atoms with E-state index in [1.54, 1.807) is 0 Å². The fraction of sp³-hybridized carbons (Fsp3) is 0.778. The maximum Gasteiger partial charge on any atom is 0.300 e. The molecule has 1 rings (SSSR count). The molecule has 80 valence electrons. The molecular weight excluding hydrogens is 222 g/mol. The number of nitrogens with zero attached hydrogens (tertiary/aromatic N) is 1. The monoisotopic (exact) mass is 235 g/mol. The van der Waals surface area contributed by atoms with Gasteiger partial charge in [0.25, 0.3) is 0 Å². The molecule has 14 heavy (non-hydrogen) atoms. The van der Waals surface area contributed by atoms with Gasteiger partial charge in [-0.05, 0) is 32.5 Å². The summed E-state index contributed by atoms with van der Waals surface area (Å²) in [5.41, 5.74) is 0. The molecule has 0 aromatic rings. The van der Waals surface area contributed by atoms with Crippen molar-refractivity contribution in [3.05, 3.63) is 0 Å². The minimum atomic E-state index is -3.65. The lowest BCUT2D eigenvalue weighted by molar-refractivity contribution is 0.216. The zero-order valence-electron chi connectivity index (χ0n) is 8.16. The van der Waals surface area contributed by atoms with Crippen molar-refractivity contribution < 1.29 is 8.42 Å². The van der Waals surface area contributed by atoms with Crippen molar-refractivity contribution in [1.29, 1.82) is 0 Å². The molecular formula is C9H14ClNO2S. The van der Waals surface area contributed by atoms with Gasteiger partial charge in [0, 0.05) is 21.9 Å². The van der Waals surface area contributed by atoms with Crippen LogP contribution in [0.3, 0.4) is 0 Å². The molecule has 0 unspecified atom stereocenters. The Bertz CT molecular complexity index is 334. The molecule has 1 fully saturated rings. The van der Waals surface area contributed by atoms with E-state index in [1.165, 1.54) is 0 Å². The fourth-order valence-electron chi connectivity index (χ4n) is 1.55. The van der Waals surface area contributed by atoms with E-state index in [0.717, 1.165) is 32.5 Å². The van der Waals surface area contributed by atoms with Crippen molar-refractivity contribution >= 4 is 19.7 Å². The maximum atomic E-state index is 10.6. The van der Waals surface area contributed by atoms with Gasteiger partial charge in [-0.25, -0.2) is 0 Å². The molecule has 0 aromatic carbocycles. The zero-order chi connectivity index (χ0) is 10.6. The van der Waals surface area contributed by atoms with Crippen LogP contribution in [0.1, 0.15) is 19.8 Å². The normalized spacial score (nSPS) is 20.1. The number of hydrogen-bond acceptors (Lipinski definition) is 3. The number of rotatable bonds is 1. The van der Waals surface area contributed by atoms with Crippen LogP contribution in [0.5, 0.6) is 0 Å². The Morgan fingerprint density at radius 2 is 2.00 bits per heavy atom. The maximum absolute atomic E-state index is 10.6. The average molecular weight is 236 g/mol. The molecule has 0 saturated carbocycles. The van der Waals surface area contributed by atoms with Crippen LogP contribution in [0.25, 0.3) is 0 Å². The van der Waals surface area contributed by atoms with Crippen LogP contribution < -0.4 is 0 Å². The summed E-state index contributed by atoms with van der Waals surface area (Å²) in [4.78, 5) is 2.33. The molecule has 1 saturated heterocycles. The predicted molar refractivity (Wildman–Crippen MR) is 57.4 cm³/mol. The van der Waals surface area contributed by atoms with Gasteiger partial charge in [0.2, 0.25) is 0 Å². The minimum absolute atomic E-state index is 0.186. The third-order valence-electron chi connectivity index (χ3n) is 2.42. The van der Waals surface area contributed by atoms with E-state index < -0.39 is 9.05 Å². The van der Waals surface area contributed by atoms with Gasteiger partial charge in [-0.15, -0.1) is 0 Å². The molecule has 1 aliphatic heterocycles. The second-order valence-electron chi connectivity index (χ2n) is 3.39. The van der Waals surface area contributed by atoms with Crippen LogP contribution in [-0.2, 0) is 9.05 Å². The molecule has 0 aliphatic carbocycles. The highest BCUT2D eigenvalue weighted by molar-refractivity contribution is 8.17. The topological polar surface area (TPSA) is 37.4 Å². The first kappa shape index (κ1) is 11.8. The van der Waals surface area contributed by atoms with Crippen molar-refractivity contribution in [2.75, 3.05) is 19.6 Å². The Labute approximate surface area is 89.8 Å². The fourth-order valence-corrected chi connectivity index (χ4v) is 1.99. The Balaban J connectivity index is 2.46. The number of piperidine rings is 1. The third kappa shape index (κ3) is 4.32. The third-order valence-corrected chi connectivity index (χ3v) is 3.01. The summed E-state index contributed by atoms with van der Waals surface area (Å²) in [5, 5.41) is 2.09. The molecule has 0 N–H and O–H groups in total. The summed E-state index contributed by atoms with van der Waals surface area (Å²) >= 11 is 0. The van der Waals surface area contributed by atoms with E-state index in [2.05, 4.69) is 23.0 Å². The summed E-state index contributed by atoms with van der Waals surface area (Å²) in [7, 11) is 1.35. The first-order valence-corrected chi connectivity index (χ1v) is 7.01. The Kier molecular flexibility index (Phi) is 4.24. The Morgan fingerprint density at radius 1 is 1.43 bits per heavy atom. The largest absolute Gasteiger partial charge is 0.304 e. The van der Waals surface area contributed by atoms with Gasteiger partial charge >= 0.3 is 9.05 Å². The molecule has 1 aliphatic rings. The van der Waals surface area contributed by atoms with Crippen molar-refractivity contribution in [1.82, 2.24) is 4.90 Å². The van der Waals surface area contributed by atoms with Crippen molar-refractivity contribution in [3.63, 3.8) is 0 Å². The van der Waals surface area contributed by atoms with Crippen LogP contribution in [0.15, 0.2) is 0 Å². The molecule has 5 heteroatoms. The van der Waals surface area contributed by atoms with E-state index in [1.807, 2.05) is 0 Å². The molecule has 3 nitrogen and oxygen atoms in total. The number of likely N-dealkylation sites (tertiary alicyclic amines) is 1. The number of hydrogen-bond donors (Lipinski definition) is 0. The zero-order valence-corrected chi connectivity index (χ0v) is 9.74. The van der Waals surface area contributed by atoms with Gasteiger partial charge in [-0.2, -0.15) is 8.42 Å². The highest BCUT2D eigenvalue weighted by atomic mass is 35.7. The van der Waals surface area contributed by atoms with Crippen molar-refractivity contribution in [3.8, 4) is 11.2 Å². The quantitative estimate of drug-likeness (QED) is 0.507. The highest BCUT2D eigenvalue weighted by Gasteiger charge is 2.16. The van der Waals surface area contributed by atoms with Gasteiger partial charge < -0.3 is 4.90 Å². The molecule has 0 spiro atoms. The average Bonchev–Trinajstić information content (AvgIpc) is 2.14. The second-order valence-corrected chi connectivity index (χ2v) is 5.69. The Morgan fingerprint density at radius 3 is 2.43 bits per heavy atom. The SMILES string of the molecule is CCN1CCC(C#CS(=O)(=O)Cl)CC1. The number of halogens is 1. The Hall–Kier alpha value is -0.240. The van der Waals surface area contributed by atoms with Crippen molar-refractivity contribution in [2.24, 2.45) is 5.92 Å². The lowest BCUT2D eigenvalue weighted by Gasteiger charge is -2.28. The summed E-state index contributed by atoms with van der Waals surface area (Å²) in [6.45, 7) is 5.17. The van der Waals surface area contributed by atoms with Crippen molar-refractivity contribution in [2.45, 2.75) is 19.8 Å². The molecule has 0 aromatic heterocycles. The van der Waals surface area contributed by atoms with E-state index in [4.69, 9.17) is 10.7 Å². The van der Waals surface area contributed by atoms with E-state index in [9.17, 15) is 8.42 Å². The first-order chi connectivity index (χ1) is 6.51. The first-order valence-electron chi connectivity index (χ1n) is 4.70. The van der Waals surface area contributed by atoms with Gasteiger partial charge in [-0.3, -0.25) is 0 Å². The van der Waals surface area contributed by atoms with Crippen LogP contribution in [0.4, 0.5) is 0 Å². The summed E-state index contributed by atoms with van der Waals surface area (Å²) in [5.74, 6) is 2.90. The minimum Gasteiger partial charge on any atom is -0.304 e. The van der Waals surface area contributed by atoms with E-state index in [0.29, 0.717) is 0 Å². The molecule has 0 bridgehead atoms. The van der Waals surface area contributed by atoms with E-state index >= 15 is 0 Å². The molecule has 1 heterocycles. The van der Waals surface area contributed by atoms with E-state index in [-0.39, 0.29) is 5.92 Å². The summed E-state index contributed by atoms with van der Waals surface area (Å²) in [6.07, 6.45) is 1.88. The smallest absolute Gasteiger partial charge is 0.300 e. The predicted octanol–water partition coefficient (Wildman–Crippen LogP) is 1.25. The summed E-state index contributed by atoms with van der Waals surface area (Å²) < 4.78 is 21.2.